The topological polar surface area (TPSA) is 56.2 Å². The van der Waals surface area contributed by atoms with Gasteiger partial charge in [0.05, 0.1) is 17.6 Å². The van der Waals surface area contributed by atoms with Gasteiger partial charge in [0.25, 0.3) is 0 Å². The third-order valence-electron chi connectivity index (χ3n) is 2.28. The second-order valence-electron chi connectivity index (χ2n) is 6.41. The summed E-state index contributed by atoms with van der Waals surface area (Å²) in [5.74, 6) is 0. The van der Waals surface area contributed by atoms with Crippen LogP contribution >= 0.6 is 0 Å². The Balaban J connectivity index is 2.90. The Labute approximate surface area is 109 Å². The summed E-state index contributed by atoms with van der Waals surface area (Å²) in [6, 6.07) is 0. The quantitative estimate of drug-likeness (QED) is 0.836. The number of anilines is 1. The summed E-state index contributed by atoms with van der Waals surface area (Å²) in [6.45, 7) is 11.7. The Bertz CT molecular complexity index is 436. The summed E-state index contributed by atoms with van der Waals surface area (Å²) in [6.07, 6.45) is 1.19. The Hall–Kier alpha value is -1.52. The average Bonchev–Trinajstić information content (AvgIpc) is 2.41. The molecule has 0 bridgehead atoms. The Morgan fingerprint density at radius 2 is 1.83 bits per heavy atom. The van der Waals surface area contributed by atoms with Crippen molar-refractivity contribution >= 4 is 11.8 Å². The smallest absolute Gasteiger partial charge is 0.412 e. The number of aromatic nitrogens is 2. The van der Waals surface area contributed by atoms with Crippen LogP contribution in [0.5, 0.6) is 0 Å². The van der Waals surface area contributed by atoms with Gasteiger partial charge in [0.15, 0.2) is 0 Å². The summed E-state index contributed by atoms with van der Waals surface area (Å²) in [4.78, 5) is 11.7. The van der Waals surface area contributed by atoms with E-state index in [1.807, 2.05) is 27.8 Å². The molecule has 0 radical (unpaired) electrons. The molecule has 0 unspecified atom stereocenters. The van der Waals surface area contributed by atoms with E-state index in [9.17, 15) is 4.79 Å². The normalized spacial score (nSPS) is 12.4. The molecule has 0 spiro atoms. The predicted molar refractivity (Wildman–Crippen MR) is 71.8 cm³/mol. The summed E-state index contributed by atoms with van der Waals surface area (Å²) >= 11 is 0. The number of hydrogen-bond acceptors (Lipinski definition) is 3. The molecular formula is C13H23N3O2. The zero-order valence-electron chi connectivity index (χ0n) is 12.3. The zero-order chi connectivity index (χ0) is 14.1. The molecule has 0 saturated carbocycles. The van der Waals surface area contributed by atoms with E-state index in [0.29, 0.717) is 5.69 Å². The van der Waals surface area contributed by atoms with Gasteiger partial charge >= 0.3 is 6.09 Å². The number of rotatable bonds is 1. The molecule has 1 N–H and O–H groups in total. The van der Waals surface area contributed by atoms with E-state index in [1.54, 1.807) is 10.9 Å². The van der Waals surface area contributed by atoms with Crippen LogP contribution in [-0.4, -0.2) is 21.5 Å². The number of ether oxygens (including phenoxy) is 1. The Morgan fingerprint density at radius 3 is 2.28 bits per heavy atom. The lowest BCUT2D eigenvalue weighted by Gasteiger charge is -2.23. The van der Waals surface area contributed by atoms with Crippen molar-refractivity contribution in [3.63, 3.8) is 0 Å². The van der Waals surface area contributed by atoms with Crippen molar-refractivity contribution in [3.8, 4) is 0 Å². The van der Waals surface area contributed by atoms with Crippen molar-refractivity contribution < 1.29 is 9.53 Å². The van der Waals surface area contributed by atoms with Crippen LogP contribution in [0.15, 0.2) is 6.20 Å². The lowest BCUT2D eigenvalue weighted by atomic mass is 9.91. The molecule has 1 heterocycles. The third kappa shape index (κ3) is 3.75. The maximum Gasteiger partial charge on any atom is 0.412 e. The number of carbonyl (C=O) groups excluding carboxylic acids is 1. The molecule has 1 aromatic heterocycles. The first kappa shape index (κ1) is 14.5. The molecule has 5 heteroatoms. The van der Waals surface area contributed by atoms with Crippen molar-refractivity contribution in [2.75, 3.05) is 5.32 Å². The predicted octanol–water partition coefficient (Wildman–Crippen LogP) is 3.06. The van der Waals surface area contributed by atoms with Gasteiger partial charge in [-0.3, -0.25) is 10.00 Å². The average molecular weight is 253 g/mol. The van der Waals surface area contributed by atoms with E-state index in [-0.39, 0.29) is 5.41 Å². The molecule has 1 rings (SSSR count). The molecule has 0 fully saturated rings. The van der Waals surface area contributed by atoms with Gasteiger partial charge in [-0.15, -0.1) is 0 Å². The van der Waals surface area contributed by atoms with Gasteiger partial charge < -0.3 is 4.74 Å². The summed E-state index contributed by atoms with van der Waals surface area (Å²) in [5.41, 5.74) is 1.05. The molecule has 0 aliphatic rings. The molecule has 0 aliphatic carbocycles. The fraction of sp³-hybridized carbons (Fsp3) is 0.692. The van der Waals surface area contributed by atoms with Crippen molar-refractivity contribution in [2.24, 2.45) is 7.05 Å². The highest BCUT2D eigenvalue weighted by Crippen LogP contribution is 2.29. The second kappa shape index (κ2) is 4.63. The van der Waals surface area contributed by atoms with Crippen molar-refractivity contribution in [3.05, 3.63) is 11.9 Å². The van der Waals surface area contributed by atoms with Crippen molar-refractivity contribution in [1.82, 2.24) is 9.78 Å². The second-order valence-corrected chi connectivity index (χ2v) is 6.41. The van der Waals surface area contributed by atoms with Crippen LogP contribution in [0, 0.1) is 0 Å². The van der Waals surface area contributed by atoms with Crippen LogP contribution in [0.4, 0.5) is 10.5 Å². The van der Waals surface area contributed by atoms with E-state index in [0.717, 1.165) is 5.69 Å². The van der Waals surface area contributed by atoms with Crippen LogP contribution in [0.3, 0.4) is 0 Å². The minimum absolute atomic E-state index is 0.102. The van der Waals surface area contributed by atoms with E-state index in [2.05, 4.69) is 31.2 Å². The molecule has 0 aromatic carbocycles. The maximum atomic E-state index is 11.7. The van der Waals surface area contributed by atoms with Gasteiger partial charge in [-0.1, -0.05) is 20.8 Å². The van der Waals surface area contributed by atoms with Gasteiger partial charge in [0.1, 0.15) is 5.60 Å². The molecular weight excluding hydrogens is 230 g/mol. The van der Waals surface area contributed by atoms with Crippen molar-refractivity contribution in [1.29, 1.82) is 0 Å². The van der Waals surface area contributed by atoms with Crippen LogP contribution in [0.2, 0.25) is 0 Å². The van der Waals surface area contributed by atoms with E-state index in [4.69, 9.17) is 4.74 Å². The third-order valence-corrected chi connectivity index (χ3v) is 2.28. The van der Waals surface area contributed by atoms with E-state index < -0.39 is 11.7 Å². The summed E-state index contributed by atoms with van der Waals surface area (Å²) in [7, 11) is 1.86. The Kier molecular flexibility index (Phi) is 3.74. The lowest BCUT2D eigenvalue weighted by molar-refractivity contribution is 0.0635. The van der Waals surface area contributed by atoms with Gasteiger partial charge in [0, 0.05) is 12.5 Å². The van der Waals surface area contributed by atoms with E-state index in [1.165, 1.54) is 0 Å². The molecule has 0 atom stereocenters. The monoisotopic (exact) mass is 253 g/mol. The van der Waals surface area contributed by atoms with Crippen LogP contribution in [0.25, 0.3) is 0 Å². The standard InChI is InChI=1S/C13H23N3O2/c1-12(2,3)10-9(8-14-16(10)7)15-11(17)18-13(4,5)6/h8H,1-7H3,(H,15,17). The number of amides is 1. The van der Waals surface area contributed by atoms with Gasteiger partial charge in [-0.25, -0.2) is 4.79 Å². The highest BCUT2D eigenvalue weighted by molar-refractivity contribution is 5.85. The lowest BCUT2D eigenvalue weighted by Crippen LogP contribution is -2.28. The molecule has 1 aromatic rings. The van der Waals surface area contributed by atoms with Gasteiger partial charge in [0.2, 0.25) is 0 Å². The van der Waals surface area contributed by atoms with Gasteiger partial charge in [-0.05, 0) is 20.8 Å². The maximum absolute atomic E-state index is 11.7. The first-order chi connectivity index (χ1) is 8.00. The number of nitrogens with zero attached hydrogens (tertiary/aromatic N) is 2. The SMILES string of the molecule is Cn1ncc(NC(=O)OC(C)(C)C)c1C(C)(C)C. The first-order valence-corrected chi connectivity index (χ1v) is 6.03. The molecule has 0 saturated heterocycles. The molecule has 0 aliphatic heterocycles. The van der Waals surface area contributed by atoms with Crippen molar-refractivity contribution in [2.45, 2.75) is 52.6 Å². The van der Waals surface area contributed by atoms with Crippen LogP contribution in [-0.2, 0) is 17.2 Å². The van der Waals surface area contributed by atoms with Gasteiger partial charge in [-0.2, -0.15) is 5.10 Å². The fourth-order valence-corrected chi connectivity index (χ4v) is 1.83. The minimum atomic E-state index is -0.506. The van der Waals surface area contributed by atoms with Crippen LogP contribution < -0.4 is 5.32 Å². The number of aryl methyl sites for hydroxylation is 1. The molecule has 1 amide bonds. The summed E-state index contributed by atoms with van der Waals surface area (Å²) in [5, 5.41) is 6.93. The highest BCUT2D eigenvalue weighted by Gasteiger charge is 2.25. The van der Waals surface area contributed by atoms with Crippen LogP contribution in [0.1, 0.15) is 47.2 Å². The molecule has 5 nitrogen and oxygen atoms in total. The largest absolute Gasteiger partial charge is 0.444 e. The number of carbonyl (C=O) groups is 1. The Morgan fingerprint density at radius 1 is 1.28 bits per heavy atom. The minimum Gasteiger partial charge on any atom is -0.444 e. The fourth-order valence-electron chi connectivity index (χ4n) is 1.83. The number of nitrogens with one attached hydrogen (secondary N) is 1. The molecule has 102 valence electrons. The molecule has 18 heavy (non-hydrogen) atoms. The number of hydrogen-bond donors (Lipinski definition) is 1. The highest BCUT2D eigenvalue weighted by atomic mass is 16.6. The zero-order valence-corrected chi connectivity index (χ0v) is 12.3. The van der Waals surface area contributed by atoms with E-state index >= 15 is 0 Å². The first-order valence-electron chi connectivity index (χ1n) is 6.03. The summed E-state index contributed by atoms with van der Waals surface area (Å²) < 4.78 is 7.00.